The molecule has 2 atom stereocenters. The van der Waals surface area contributed by atoms with Crippen LogP contribution in [0.4, 0.5) is 0 Å². The second-order valence-electron chi connectivity index (χ2n) is 5.63. The highest BCUT2D eigenvalue weighted by molar-refractivity contribution is 7.91. The van der Waals surface area contributed by atoms with Gasteiger partial charge in [0.2, 0.25) is 5.91 Å². The highest BCUT2D eigenvalue weighted by atomic mass is 32.2. The van der Waals surface area contributed by atoms with E-state index in [2.05, 4.69) is 0 Å². The quantitative estimate of drug-likeness (QED) is 0.788. The number of hydrogen-bond acceptors (Lipinski definition) is 4. The lowest BCUT2D eigenvalue weighted by molar-refractivity contribution is -0.162. The van der Waals surface area contributed by atoms with Crippen LogP contribution in [0.3, 0.4) is 0 Å². The van der Waals surface area contributed by atoms with Crippen LogP contribution in [0.5, 0.6) is 0 Å². The molecule has 1 N–H and O–H groups in total. The second-order valence-corrected chi connectivity index (χ2v) is 7.85. The lowest BCUT2D eigenvalue weighted by Gasteiger charge is -2.42. The third-order valence-electron chi connectivity index (χ3n) is 4.20. The van der Waals surface area contributed by atoms with Gasteiger partial charge >= 0.3 is 5.97 Å². The monoisotopic (exact) mass is 289 g/mol. The van der Waals surface area contributed by atoms with E-state index in [1.54, 1.807) is 6.92 Å². The van der Waals surface area contributed by atoms with Crippen molar-refractivity contribution in [3.05, 3.63) is 0 Å². The summed E-state index contributed by atoms with van der Waals surface area (Å²) in [4.78, 5) is 25.2. The molecule has 1 amide bonds. The number of sulfone groups is 1. The zero-order valence-electron chi connectivity index (χ0n) is 11.0. The van der Waals surface area contributed by atoms with Gasteiger partial charge in [-0.25, -0.2) is 13.2 Å². The molecular formula is C12H19NO5S. The Morgan fingerprint density at radius 3 is 2.53 bits per heavy atom. The predicted molar refractivity (Wildman–Crippen MR) is 68.4 cm³/mol. The van der Waals surface area contributed by atoms with Gasteiger partial charge in [-0.05, 0) is 32.6 Å². The Morgan fingerprint density at radius 1 is 1.32 bits per heavy atom. The van der Waals surface area contributed by atoms with Crippen LogP contribution in [-0.4, -0.2) is 53.9 Å². The van der Waals surface area contributed by atoms with Crippen LogP contribution in [0.25, 0.3) is 0 Å². The molecule has 108 valence electrons. The van der Waals surface area contributed by atoms with Gasteiger partial charge in [0.15, 0.2) is 9.84 Å². The van der Waals surface area contributed by atoms with Crippen molar-refractivity contribution in [2.75, 3.05) is 18.1 Å². The molecule has 0 aromatic heterocycles. The number of nitrogens with zero attached hydrogens (tertiary/aromatic N) is 1. The minimum absolute atomic E-state index is 0.0288. The van der Waals surface area contributed by atoms with Crippen molar-refractivity contribution < 1.29 is 23.1 Å². The first kappa shape index (κ1) is 14.3. The fraction of sp³-hybridized carbons (Fsp3) is 0.833. The van der Waals surface area contributed by atoms with E-state index in [-0.39, 0.29) is 17.4 Å². The highest BCUT2D eigenvalue weighted by Gasteiger charge is 2.47. The molecule has 0 aromatic rings. The van der Waals surface area contributed by atoms with Gasteiger partial charge in [-0.1, -0.05) is 0 Å². The summed E-state index contributed by atoms with van der Waals surface area (Å²) < 4.78 is 22.9. The molecule has 2 heterocycles. The van der Waals surface area contributed by atoms with Crippen LogP contribution < -0.4 is 0 Å². The number of carbonyl (C=O) groups is 2. The van der Waals surface area contributed by atoms with E-state index in [9.17, 15) is 23.1 Å². The SMILES string of the molecule is CC1(C(=O)O)CCCCN1C(=O)C1CCS(=O)(=O)C1. The van der Waals surface area contributed by atoms with E-state index in [4.69, 9.17) is 0 Å². The molecule has 2 fully saturated rings. The maximum Gasteiger partial charge on any atom is 0.329 e. The first-order valence-corrected chi connectivity index (χ1v) is 8.34. The second kappa shape index (κ2) is 4.77. The van der Waals surface area contributed by atoms with Gasteiger partial charge in [0.1, 0.15) is 5.54 Å². The number of rotatable bonds is 2. The van der Waals surface area contributed by atoms with Crippen LogP contribution in [0, 0.1) is 5.92 Å². The zero-order valence-corrected chi connectivity index (χ0v) is 11.8. The van der Waals surface area contributed by atoms with Crippen LogP contribution in [0.2, 0.25) is 0 Å². The first-order chi connectivity index (χ1) is 8.76. The summed E-state index contributed by atoms with van der Waals surface area (Å²) in [6.45, 7) is 1.95. The number of carbonyl (C=O) groups excluding carboxylic acids is 1. The lowest BCUT2D eigenvalue weighted by Crippen LogP contribution is -2.58. The van der Waals surface area contributed by atoms with E-state index >= 15 is 0 Å². The molecule has 6 nitrogen and oxygen atoms in total. The van der Waals surface area contributed by atoms with Gasteiger partial charge in [0, 0.05) is 6.54 Å². The fourth-order valence-corrected chi connectivity index (χ4v) is 4.64. The third kappa shape index (κ3) is 2.61. The lowest BCUT2D eigenvalue weighted by atomic mass is 9.87. The average Bonchev–Trinajstić information content (AvgIpc) is 2.69. The molecule has 2 saturated heterocycles. The van der Waals surface area contributed by atoms with Gasteiger partial charge in [-0.2, -0.15) is 0 Å². The number of piperidine rings is 1. The minimum atomic E-state index is -3.13. The summed E-state index contributed by atoms with van der Waals surface area (Å²) in [5, 5.41) is 9.35. The van der Waals surface area contributed by atoms with Crippen molar-refractivity contribution in [2.24, 2.45) is 5.92 Å². The van der Waals surface area contributed by atoms with Crippen molar-refractivity contribution in [3.8, 4) is 0 Å². The molecule has 0 bridgehead atoms. The average molecular weight is 289 g/mol. The Balaban J connectivity index is 2.19. The van der Waals surface area contributed by atoms with Gasteiger partial charge in [0.05, 0.1) is 17.4 Å². The standard InChI is InChI=1S/C12H19NO5S/c1-12(11(15)16)5-2-3-6-13(12)10(14)9-4-7-19(17,18)8-9/h9H,2-8H2,1H3,(H,15,16). The maximum absolute atomic E-state index is 12.4. The Kier molecular flexibility index (Phi) is 3.59. The Morgan fingerprint density at radius 2 is 2.00 bits per heavy atom. The Labute approximate surface area is 112 Å². The van der Waals surface area contributed by atoms with Crippen molar-refractivity contribution >= 4 is 21.7 Å². The third-order valence-corrected chi connectivity index (χ3v) is 5.97. The number of amides is 1. The molecule has 2 unspecified atom stereocenters. The number of hydrogen-bond donors (Lipinski definition) is 1. The Hall–Kier alpha value is -1.11. The summed E-state index contributed by atoms with van der Waals surface area (Å²) >= 11 is 0. The largest absolute Gasteiger partial charge is 0.480 e. The molecule has 2 rings (SSSR count). The van der Waals surface area contributed by atoms with Crippen molar-refractivity contribution in [1.82, 2.24) is 4.90 Å². The molecule has 2 aliphatic heterocycles. The molecule has 19 heavy (non-hydrogen) atoms. The minimum Gasteiger partial charge on any atom is -0.480 e. The summed E-state index contributed by atoms with van der Waals surface area (Å²) in [7, 11) is -3.13. The number of likely N-dealkylation sites (tertiary alicyclic amines) is 1. The molecule has 0 spiro atoms. The molecule has 0 radical (unpaired) electrons. The van der Waals surface area contributed by atoms with Gasteiger partial charge in [0.25, 0.3) is 0 Å². The van der Waals surface area contributed by atoms with Crippen LogP contribution >= 0.6 is 0 Å². The number of carboxylic acid groups (broad SMARTS) is 1. The van der Waals surface area contributed by atoms with E-state index < -0.39 is 27.3 Å². The molecule has 0 aliphatic carbocycles. The maximum atomic E-state index is 12.4. The fourth-order valence-electron chi connectivity index (χ4n) is 2.91. The summed E-state index contributed by atoms with van der Waals surface area (Å²) in [6, 6.07) is 0. The van der Waals surface area contributed by atoms with E-state index in [1.165, 1.54) is 4.90 Å². The van der Waals surface area contributed by atoms with Gasteiger partial charge in [-0.3, -0.25) is 4.79 Å². The van der Waals surface area contributed by atoms with Crippen LogP contribution in [-0.2, 0) is 19.4 Å². The molecular weight excluding hydrogens is 270 g/mol. The van der Waals surface area contributed by atoms with Gasteiger partial charge in [-0.15, -0.1) is 0 Å². The number of carboxylic acids is 1. The predicted octanol–water partition coefficient (Wildman–Crippen LogP) is 0.277. The van der Waals surface area contributed by atoms with Crippen LogP contribution in [0.15, 0.2) is 0 Å². The Bertz CT molecular complexity index is 500. The zero-order chi connectivity index (χ0) is 14.3. The van der Waals surface area contributed by atoms with Crippen molar-refractivity contribution in [2.45, 2.75) is 38.1 Å². The van der Waals surface area contributed by atoms with E-state index in [1.807, 2.05) is 0 Å². The van der Waals surface area contributed by atoms with E-state index in [0.717, 1.165) is 12.8 Å². The van der Waals surface area contributed by atoms with Gasteiger partial charge < -0.3 is 10.0 Å². The smallest absolute Gasteiger partial charge is 0.329 e. The molecule has 2 aliphatic rings. The first-order valence-electron chi connectivity index (χ1n) is 6.51. The normalized spacial score (nSPS) is 34.2. The van der Waals surface area contributed by atoms with Crippen molar-refractivity contribution in [1.29, 1.82) is 0 Å². The molecule has 0 saturated carbocycles. The topological polar surface area (TPSA) is 91.8 Å². The summed E-state index contributed by atoms with van der Waals surface area (Å²) in [5.74, 6) is -2.01. The van der Waals surface area contributed by atoms with Crippen LogP contribution in [0.1, 0.15) is 32.6 Å². The number of aliphatic carboxylic acids is 1. The summed E-state index contributed by atoms with van der Waals surface area (Å²) in [5.41, 5.74) is -1.19. The van der Waals surface area contributed by atoms with E-state index in [0.29, 0.717) is 19.4 Å². The highest BCUT2D eigenvalue weighted by Crippen LogP contribution is 2.32. The molecule has 7 heteroatoms. The summed E-state index contributed by atoms with van der Waals surface area (Å²) in [6.07, 6.45) is 2.28. The van der Waals surface area contributed by atoms with Crippen molar-refractivity contribution in [3.63, 3.8) is 0 Å². The molecule has 0 aromatic carbocycles.